The summed E-state index contributed by atoms with van der Waals surface area (Å²) >= 11 is 0. The Morgan fingerprint density at radius 1 is 1.13 bits per heavy atom. The summed E-state index contributed by atoms with van der Waals surface area (Å²) in [5.41, 5.74) is 2.86. The van der Waals surface area contributed by atoms with Gasteiger partial charge < -0.3 is 14.8 Å². The third kappa shape index (κ3) is 4.65. The molecule has 2 heterocycles. The first kappa shape index (κ1) is 20.4. The SMILES string of the molecule is CN(CCc1ccccc1)C1CCCN(C(=O)CCn2c(=O)[nH]c3ccccc32)C1. The number of imidazole rings is 1. The second-order valence-electron chi connectivity index (χ2n) is 8.20. The van der Waals surface area contributed by atoms with Crippen molar-refractivity contribution < 1.29 is 4.79 Å². The van der Waals surface area contributed by atoms with E-state index < -0.39 is 0 Å². The van der Waals surface area contributed by atoms with Gasteiger partial charge in [-0.2, -0.15) is 0 Å². The molecule has 1 aliphatic heterocycles. The molecule has 1 aliphatic rings. The van der Waals surface area contributed by atoms with E-state index in [4.69, 9.17) is 0 Å². The second-order valence-corrected chi connectivity index (χ2v) is 8.20. The third-order valence-electron chi connectivity index (χ3n) is 6.20. The molecule has 1 aromatic heterocycles. The Bertz CT molecular complexity index is 1040. The van der Waals surface area contributed by atoms with Crippen LogP contribution in [0, 0.1) is 0 Å². The largest absolute Gasteiger partial charge is 0.341 e. The number of fused-ring (bicyclic) bond motifs is 1. The van der Waals surface area contributed by atoms with Crippen LogP contribution in [0.4, 0.5) is 0 Å². The molecule has 1 unspecified atom stereocenters. The average molecular weight is 407 g/mol. The average Bonchev–Trinajstić information content (AvgIpc) is 3.11. The van der Waals surface area contributed by atoms with Crippen LogP contribution in [0.2, 0.25) is 0 Å². The first-order valence-electron chi connectivity index (χ1n) is 10.8. The van der Waals surface area contributed by atoms with E-state index in [0.29, 0.717) is 19.0 Å². The summed E-state index contributed by atoms with van der Waals surface area (Å²) in [4.78, 5) is 32.3. The van der Waals surface area contributed by atoms with Crippen molar-refractivity contribution in [2.45, 2.75) is 38.3 Å². The van der Waals surface area contributed by atoms with Gasteiger partial charge >= 0.3 is 5.69 Å². The van der Waals surface area contributed by atoms with Crippen molar-refractivity contribution in [3.8, 4) is 0 Å². The molecule has 6 heteroatoms. The number of aryl methyl sites for hydroxylation is 1. The molecule has 0 saturated carbocycles. The van der Waals surface area contributed by atoms with E-state index in [1.165, 1.54) is 5.56 Å². The number of amides is 1. The standard InChI is InChI=1S/C24H30N4O2/c1-26(16-13-19-8-3-2-4-9-19)20-10-7-15-27(18-20)23(29)14-17-28-22-12-6-5-11-21(22)25-24(28)30/h2-6,8-9,11-12,20H,7,10,13-18H2,1H3,(H,25,30). The molecule has 3 aromatic rings. The summed E-state index contributed by atoms with van der Waals surface area (Å²) in [7, 11) is 2.16. The quantitative estimate of drug-likeness (QED) is 0.656. The van der Waals surface area contributed by atoms with Gasteiger partial charge in [-0.3, -0.25) is 9.36 Å². The van der Waals surface area contributed by atoms with Crippen molar-refractivity contribution in [3.05, 3.63) is 70.6 Å². The minimum atomic E-state index is -0.152. The van der Waals surface area contributed by atoms with E-state index in [0.717, 1.165) is 49.9 Å². The number of para-hydroxylation sites is 2. The zero-order valence-electron chi connectivity index (χ0n) is 17.6. The van der Waals surface area contributed by atoms with Gasteiger partial charge in [0.2, 0.25) is 5.91 Å². The number of piperidine rings is 1. The van der Waals surface area contributed by atoms with Gasteiger partial charge in [0.15, 0.2) is 0 Å². The number of nitrogens with zero attached hydrogens (tertiary/aromatic N) is 3. The highest BCUT2D eigenvalue weighted by molar-refractivity contribution is 5.77. The van der Waals surface area contributed by atoms with Gasteiger partial charge in [0.25, 0.3) is 0 Å². The number of carbonyl (C=O) groups excluding carboxylic acids is 1. The Labute approximate surface area is 177 Å². The van der Waals surface area contributed by atoms with Crippen LogP contribution < -0.4 is 5.69 Å². The van der Waals surface area contributed by atoms with Crippen molar-refractivity contribution in [2.24, 2.45) is 0 Å². The fourth-order valence-electron chi connectivity index (χ4n) is 4.37. The van der Waals surface area contributed by atoms with Gasteiger partial charge in [0.05, 0.1) is 11.0 Å². The van der Waals surface area contributed by atoms with E-state index >= 15 is 0 Å². The van der Waals surface area contributed by atoms with E-state index in [1.54, 1.807) is 4.57 Å². The maximum atomic E-state index is 12.9. The Morgan fingerprint density at radius 2 is 1.90 bits per heavy atom. The number of hydrogen-bond donors (Lipinski definition) is 1. The number of hydrogen-bond acceptors (Lipinski definition) is 3. The molecule has 0 spiro atoms. The van der Waals surface area contributed by atoms with Gasteiger partial charge in [-0.25, -0.2) is 4.79 Å². The highest BCUT2D eigenvalue weighted by atomic mass is 16.2. The molecule has 2 aromatic carbocycles. The molecule has 1 saturated heterocycles. The lowest BCUT2D eigenvalue weighted by Crippen LogP contribution is -2.49. The smallest absolute Gasteiger partial charge is 0.326 e. The summed E-state index contributed by atoms with van der Waals surface area (Å²) in [6.45, 7) is 2.98. The van der Waals surface area contributed by atoms with Crippen molar-refractivity contribution in [1.29, 1.82) is 0 Å². The Balaban J connectivity index is 1.32. The number of aromatic nitrogens is 2. The fourth-order valence-corrected chi connectivity index (χ4v) is 4.37. The van der Waals surface area contributed by atoms with Crippen molar-refractivity contribution in [3.63, 3.8) is 0 Å². The highest BCUT2D eigenvalue weighted by Crippen LogP contribution is 2.17. The molecular formula is C24H30N4O2. The van der Waals surface area contributed by atoms with Crippen LogP contribution in [-0.2, 0) is 17.8 Å². The Kier molecular flexibility index (Phi) is 6.33. The molecule has 1 fully saturated rings. The first-order chi connectivity index (χ1) is 14.6. The van der Waals surface area contributed by atoms with Crippen LogP contribution in [-0.4, -0.2) is 58.0 Å². The molecule has 4 rings (SSSR count). The van der Waals surface area contributed by atoms with Crippen molar-refractivity contribution in [1.82, 2.24) is 19.4 Å². The maximum absolute atomic E-state index is 12.9. The molecular weight excluding hydrogens is 376 g/mol. The molecule has 1 amide bonds. The van der Waals surface area contributed by atoms with Gasteiger partial charge in [-0.1, -0.05) is 42.5 Å². The highest BCUT2D eigenvalue weighted by Gasteiger charge is 2.26. The topological polar surface area (TPSA) is 61.3 Å². The normalized spacial score (nSPS) is 17.0. The van der Waals surface area contributed by atoms with Crippen LogP contribution >= 0.6 is 0 Å². The molecule has 1 N–H and O–H groups in total. The molecule has 158 valence electrons. The number of benzene rings is 2. The zero-order chi connectivity index (χ0) is 20.9. The predicted octanol–water partition coefficient (Wildman–Crippen LogP) is 2.89. The number of likely N-dealkylation sites (N-methyl/N-ethyl adjacent to an activating group) is 1. The molecule has 0 bridgehead atoms. The number of carbonyl (C=O) groups is 1. The van der Waals surface area contributed by atoms with E-state index in [2.05, 4.69) is 41.2 Å². The summed E-state index contributed by atoms with van der Waals surface area (Å²) in [6, 6.07) is 18.5. The van der Waals surface area contributed by atoms with Gasteiger partial charge in [0.1, 0.15) is 0 Å². The number of likely N-dealkylation sites (tertiary alicyclic amines) is 1. The van der Waals surface area contributed by atoms with Crippen molar-refractivity contribution >= 4 is 16.9 Å². The fraction of sp³-hybridized carbons (Fsp3) is 0.417. The molecule has 0 aliphatic carbocycles. The van der Waals surface area contributed by atoms with Crippen LogP contribution in [0.3, 0.4) is 0 Å². The Hall–Kier alpha value is -2.86. The second kappa shape index (κ2) is 9.30. The van der Waals surface area contributed by atoms with Crippen LogP contribution in [0.1, 0.15) is 24.8 Å². The summed E-state index contributed by atoms with van der Waals surface area (Å²) in [5.74, 6) is 0.133. The molecule has 6 nitrogen and oxygen atoms in total. The monoisotopic (exact) mass is 406 g/mol. The Morgan fingerprint density at radius 3 is 2.73 bits per heavy atom. The van der Waals surface area contributed by atoms with Crippen LogP contribution in [0.15, 0.2) is 59.4 Å². The van der Waals surface area contributed by atoms with Gasteiger partial charge in [0, 0.05) is 38.6 Å². The van der Waals surface area contributed by atoms with Crippen LogP contribution in [0.25, 0.3) is 11.0 Å². The lowest BCUT2D eigenvalue weighted by atomic mass is 10.0. The van der Waals surface area contributed by atoms with Crippen LogP contribution in [0.5, 0.6) is 0 Å². The predicted molar refractivity (Wildman–Crippen MR) is 120 cm³/mol. The van der Waals surface area contributed by atoms with E-state index in [9.17, 15) is 9.59 Å². The lowest BCUT2D eigenvalue weighted by Gasteiger charge is -2.37. The zero-order valence-corrected chi connectivity index (χ0v) is 17.6. The number of H-pyrrole nitrogens is 1. The maximum Gasteiger partial charge on any atom is 0.326 e. The van der Waals surface area contributed by atoms with Gasteiger partial charge in [-0.15, -0.1) is 0 Å². The van der Waals surface area contributed by atoms with E-state index in [1.807, 2.05) is 35.2 Å². The minimum absolute atomic E-state index is 0.133. The lowest BCUT2D eigenvalue weighted by molar-refractivity contribution is -0.133. The number of rotatable bonds is 7. The van der Waals surface area contributed by atoms with Crippen molar-refractivity contribution in [2.75, 3.05) is 26.7 Å². The minimum Gasteiger partial charge on any atom is -0.341 e. The number of aromatic amines is 1. The van der Waals surface area contributed by atoms with E-state index in [-0.39, 0.29) is 11.6 Å². The summed E-state index contributed by atoms with van der Waals surface area (Å²) in [6.07, 6.45) is 3.52. The summed E-state index contributed by atoms with van der Waals surface area (Å²) < 4.78 is 1.67. The molecule has 30 heavy (non-hydrogen) atoms. The number of nitrogens with one attached hydrogen (secondary N) is 1. The first-order valence-corrected chi connectivity index (χ1v) is 10.8. The summed E-state index contributed by atoms with van der Waals surface area (Å²) in [5, 5.41) is 0. The molecule has 0 radical (unpaired) electrons. The molecule has 1 atom stereocenters. The van der Waals surface area contributed by atoms with Gasteiger partial charge in [-0.05, 0) is 44.0 Å². The third-order valence-corrected chi connectivity index (χ3v) is 6.20.